The molecule has 26 heavy (non-hydrogen) atoms. The largest absolute Gasteiger partial charge is 0.465 e. The Morgan fingerprint density at radius 1 is 1.27 bits per heavy atom. The molecule has 0 spiro atoms. The maximum absolute atomic E-state index is 12.1. The molecule has 0 amide bonds. The molecule has 1 aromatic heterocycles. The van der Waals surface area contributed by atoms with E-state index in [1.807, 2.05) is 13.8 Å². The van der Waals surface area contributed by atoms with Gasteiger partial charge < -0.3 is 15.4 Å². The first-order valence-corrected chi connectivity index (χ1v) is 9.94. The molecule has 6 heteroatoms. The number of ether oxygens (including phenoxy) is 1. The van der Waals surface area contributed by atoms with Crippen molar-refractivity contribution in [3.05, 3.63) is 51.4 Å². The number of hydrogen-bond acceptors (Lipinski definition) is 4. The van der Waals surface area contributed by atoms with E-state index in [2.05, 4.69) is 48.7 Å². The van der Waals surface area contributed by atoms with Crippen LogP contribution in [0.1, 0.15) is 58.2 Å². The Balaban J connectivity index is 2.06. The molecule has 1 atom stereocenters. The van der Waals surface area contributed by atoms with Crippen LogP contribution in [-0.2, 0) is 11.2 Å². The number of benzene rings is 1. The minimum absolute atomic E-state index is 0.0643. The van der Waals surface area contributed by atoms with Gasteiger partial charge >= 0.3 is 5.97 Å². The first-order chi connectivity index (χ1) is 12.4. The lowest BCUT2D eigenvalue weighted by molar-refractivity contribution is 0.0601. The van der Waals surface area contributed by atoms with Crippen molar-refractivity contribution in [2.24, 2.45) is 0 Å². The minimum Gasteiger partial charge on any atom is -0.465 e. The number of methoxy groups -OCH3 is 1. The Morgan fingerprint density at radius 2 is 1.92 bits per heavy atom. The fraction of sp³-hybridized carbons (Fsp3) is 0.400. The summed E-state index contributed by atoms with van der Waals surface area (Å²) in [6.07, 6.45) is 2.23. The highest BCUT2D eigenvalue weighted by molar-refractivity contribution is 7.80. The third-order valence-electron chi connectivity index (χ3n) is 4.37. The van der Waals surface area contributed by atoms with Gasteiger partial charge in [0.1, 0.15) is 5.00 Å². The van der Waals surface area contributed by atoms with Gasteiger partial charge in [-0.1, -0.05) is 37.6 Å². The number of thiocarbonyl (C=S) groups is 1. The summed E-state index contributed by atoms with van der Waals surface area (Å²) in [5.74, 6) is -0.350. The zero-order chi connectivity index (χ0) is 19.3. The highest BCUT2D eigenvalue weighted by Gasteiger charge is 2.21. The molecule has 1 heterocycles. The lowest BCUT2D eigenvalue weighted by Gasteiger charge is -2.17. The molecule has 2 rings (SSSR count). The van der Waals surface area contributed by atoms with Crippen LogP contribution in [0.15, 0.2) is 24.3 Å². The minimum atomic E-state index is -0.350. The quantitative estimate of drug-likeness (QED) is 0.527. The van der Waals surface area contributed by atoms with Crippen molar-refractivity contribution in [2.45, 2.75) is 46.6 Å². The van der Waals surface area contributed by atoms with Crippen molar-refractivity contribution >= 4 is 39.6 Å². The fourth-order valence-electron chi connectivity index (χ4n) is 2.74. The predicted octanol–water partition coefficient (Wildman–Crippen LogP) is 5.15. The summed E-state index contributed by atoms with van der Waals surface area (Å²) in [6.45, 7) is 8.14. The molecule has 0 saturated heterocycles. The van der Waals surface area contributed by atoms with Crippen LogP contribution in [0.3, 0.4) is 0 Å². The maximum Gasteiger partial charge on any atom is 0.341 e. The Kier molecular flexibility index (Phi) is 7.17. The number of aryl methyl sites for hydroxylation is 2. The predicted molar refractivity (Wildman–Crippen MR) is 113 cm³/mol. The third-order valence-corrected chi connectivity index (χ3v) is 5.71. The summed E-state index contributed by atoms with van der Waals surface area (Å²) in [5, 5.41) is 7.65. The Morgan fingerprint density at radius 3 is 2.50 bits per heavy atom. The van der Waals surface area contributed by atoms with Crippen molar-refractivity contribution < 1.29 is 9.53 Å². The molecule has 2 aromatic rings. The Labute approximate surface area is 165 Å². The molecular formula is C20H26N2O2S2. The van der Waals surface area contributed by atoms with Gasteiger partial charge in [0.05, 0.1) is 18.7 Å². The zero-order valence-electron chi connectivity index (χ0n) is 15.9. The summed E-state index contributed by atoms with van der Waals surface area (Å²) in [4.78, 5) is 13.1. The van der Waals surface area contributed by atoms with Gasteiger partial charge in [-0.3, -0.25) is 0 Å². The monoisotopic (exact) mass is 390 g/mol. The van der Waals surface area contributed by atoms with Crippen LogP contribution in [0.25, 0.3) is 0 Å². The van der Waals surface area contributed by atoms with Gasteiger partial charge in [0, 0.05) is 4.88 Å². The van der Waals surface area contributed by atoms with Crippen molar-refractivity contribution in [1.29, 1.82) is 0 Å². The van der Waals surface area contributed by atoms with E-state index in [0.29, 0.717) is 10.7 Å². The zero-order valence-corrected chi connectivity index (χ0v) is 17.6. The number of thiophene rings is 1. The van der Waals surface area contributed by atoms with Crippen LogP contribution >= 0.6 is 23.6 Å². The second-order valence-corrected chi connectivity index (χ2v) is 7.92. The van der Waals surface area contributed by atoms with Gasteiger partial charge in [0.25, 0.3) is 0 Å². The highest BCUT2D eigenvalue weighted by Crippen LogP contribution is 2.33. The van der Waals surface area contributed by atoms with Crippen molar-refractivity contribution in [2.75, 3.05) is 12.4 Å². The molecule has 140 valence electrons. The number of carbonyl (C=O) groups is 1. The number of rotatable bonds is 6. The first kappa shape index (κ1) is 20.4. The lowest BCUT2D eigenvalue weighted by Crippen LogP contribution is -2.31. The van der Waals surface area contributed by atoms with Gasteiger partial charge in [-0.05, 0) is 56.1 Å². The Bertz CT molecular complexity index is 782. The molecule has 0 aliphatic heterocycles. The van der Waals surface area contributed by atoms with Gasteiger partial charge in [-0.2, -0.15) is 0 Å². The van der Waals surface area contributed by atoms with E-state index in [0.717, 1.165) is 28.3 Å². The molecule has 2 N–H and O–H groups in total. The van der Waals surface area contributed by atoms with Gasteiger partial charge in [-0.15, -0.1) is 11.3 Å². The molecule has 0 fully saturated rings. The van der Waals surface area contributed by atoms with Crippen molar-refractivity contribution in [3.63, 3.8) is 0 Å². The fourth-order valence-corrected chi connectivity index (χ4v) is 4.14. The van der Waals surface area contributed by atoms with E-state index in [1.54, 1.807) is 0 Å². The van der Waals surface area contributed by atoms with Crippen LogP contribution in [0, 0.1) is 13.8 Å². The normalized spacial score (nSPS) is 11.7. The van der Waals surface area contributed by atoms with E-state index in [1.165, 1.54) is 29.6 Å². The SMILES string of the molecule is CCCc1ccc(C(C)NC(=S)Nc2sc(C)c(C)c2C(=O)OC)cc1. The van der Waals surface area contributed by atoms with Crippen LogP contribution in [0.4, 0.5) is 5.00 Å². The number of nitrogens with one attached hydrogen (secondary N) is 2. The van der Waals surface area contributed by atoms with E-state index >= 15 is 0 Å². The molecule has 1 unspecified atom stereocenters. The van der Waals surface area contributed by atoms with Gasteiger partial charge in [0.2, 0.25) is 0 Å². The summed E-state index contributed by atoms with van der Waals surface area (Å²) >= 11 is 6.95. The number of esters is 1. The van der Waals surface area contributed by atoms with E-state index in [4.69, 9.17) is 17.0 Å². The molecule has 0 saturated carbocycles. The number of carbonyl (C=O) groups excluding carboxylic acids is 1. The van der Waals surface area contributed by atoms with Crippen molar-refractivity contribution in [3.8, 4) is 0 Å². The summed E-state index contributed by atoms with van der Waals surface area (Å²) in [6, 6.07) is 8.65. The molecule has 4 nitrogen and oxygen atoms in total. The summed E-state index contributed by atoms with van der Waals surface area (Å²) < 4.78 is 4.90. The summed E-state index contributed by atoms with van der Waals surface area (Å²) in [5.41, 5.74) is 3.99. The average molecular weight is 391 g/mol. The smallest absolute Gasteiger partial charge is 0.341 e. The van der Waals surface area contributed by atoms with Crippen LogP contribution < -0.4 is 10.6 Å². The molecule has 0 aliphatic rings. The first-order valence-electron chi connectivity index (χ1n) is 8.72. The number of hydrogen-bond donors (Lipinski definition) is 2. The number of anilines is 1. The second kappa shape index (κ2) is 9.14. The van der Waals surface area contributed by atoms with Crippen LogP contribution in [-0.4, -0.2) is 18.2 Å². The van der Waals surface area contributed by atoms with Crippen molar-refractivity contribution in [1.82, 2.24) is 5.32 Å². The van der Waals surface area contributed by atoms with Crippen LogP contribution in [0.5, 0.6) is 0 Å². The molecule has 0 radical (unpaired) electrons. The molecule has 0 bridgehead atoms. The topological polar surface area (TPSA) is 50.4 Å². The van der Waals surface area contributed by atoms with E-state index < -0.39 is 0 Å². The third kappa shape index (κ3) is 4.83. The molecular weight excluding hydrogens is 364 g/mol. The molecule has 1 aromatic carbocycles. The molecule has 0 aliphatic carbocycles. The standard InChI is InChI=1S/C20H26N2O2S2/c1-6-7-15-8-10-16(11-9-15)13(3)21-20(25)22-18-17(19(23)24-5)12(2)14(4)26-18/h8-11,13H,6-7H2,1-5H3,(H2,21,22,25). The lowest BCUT2D eigenvalue weighted by atomic mass is 10.0. The van der Waals surface area contributed by atoms with Crippen LogP contribution in [0.2, 0.25) is 0 Å². The van der Waals surface area contributed by atoms with E-state index in [9.17, 15) is 4.79 Å². The maximum atomic E-state index is 12.1. The van der Waals surface area contributed by atoms with E-state index in [-0.39, 0.29) is 12.0 Å². The average Bonchev–Trinajstić information content (AvgIpc) is 2.88. The second-order valence-electron chi connectivity index (χ2n) is 6.29. The Hall–Kier alpha value is -1.92. The highest BCUT2D eigenvalue weighted by atomic mass is 32.1. The summed E-state index contributed by atoms with van der Waals surface area (Å²) in [7, 11) is 1.39. The van der Waals surface area contributed by atoms with Gasteiger partial charge in [-0.25, -0.2) is 4.79 Å². The van der Waals surface area contributed by atoms with Gasteiger partial charge in [0.15, 0.2) is 5.11 Å².